The average Bonchev–Trinajstić information content (AvgIpc) is 2.93. The molecule has 0 saturated heterocycles. The van der Waals surface area contributed by atoms with Gasteiger partial charge in [0.05, 0.1) is 0 Å². The maximum atomic E-state index is 12.7. The second kappa shape index (κ2) is 5.57. The molecule has 0 spiro atoms. The first-order chi connectivity index (χ1) is 9.65. The molecule has 1 aliphatic heterocycles. The van der Waals surface area contributed by atoms with E-state index in [0.29, 0.717) is 6.04 Å². The zero-order valence-corrected chi connectivity index (χ0v) is 12.5. The van der Waals surface area contributed by atoms with Gasteiger partial charge in [0.2, 0.25) is 0 Å². The third-order valence-corrected chi connectivity index (χ3v) is 4.86. The number of carbonyl (C=O) groups excluding carboxylic acids is 1. The predicted molar refractivity (Wildman–Crippen MR) is 80.5 cm³/mol. The Morgan fingerprint density at radius 2 is 2.05 bits per heavy atom. The van der Waals surface area contributed by atoms with Crippen molar-refractivity contribution in [1.82, 2.24) is 10.2 Å². The summed E-state index contributed by atoms with van der Waals surface area (Å²) < 4.78 is 0. The van der Waals surface area contributed by atoms with Gasteiger partial charge >= 0.3 is 0 Å². The Hall–Kier alpha value is -1.35. The molecule has 0 bridgehead atoms. The van der Waals surface area contributed by atoms with Gasteiger partial charge in [0.15, 0.2) is 0 Å². The third kappa shape index (κ3) is 2.59. The van der Waals surface area contributed by atoms with Crippen molar-refractivity contribution in [2.75, 3.05) is 7.05 Å². The molecule has 1 amide bonds. The van der Waals surface area contributed by atoms with Gasteiger partial charge in [-0.25, -0.2) is 0 Å². The largest absolute Gasteiger partial charge is 0.339 e. The number of hydrogen-bond acceptors (Lipinski definition) is 2. The molecule has 2 atom stereocenters. The lowest BCUT2D eigenvalue weighted by atomic mass is 9.86. The Morgan fingerprint density at radius 3 is 2.85 bits per heavy atom. The van der Waals surface area contributed by atoms with Crippen LogP contribution in [-0.4, -0.2) is 23.9 Å². The smallest absolute Gasteiger partial charge is 0.253 e. The van der Waals surface area contributed by atoms with Gasteiger partial charge in [-0.2, -0.15) is 0 Å². The fourth-order valence-corrected chi connectivity index (χ4v) is 3.55. The highest BCUT2D eigenvalue weighted by molar-refractivity contribution is 5.94. The second-order valence-corrected chi connectivity index (χ2v) is 6.43. The van der Waals surface area contributed by atoms with Crippen molar-refractivity contribution in [3.63, 3.8) is 0 Å². The Bertz CT molecular complexity index is 512. The molecular formula is C17H24N2O. The van der Waals surface area contributed by atoms with E-state index in [9.17, 15) is 4.79 Å². The van der Waals surface area contributed by atoms with Gasteiger partial charge in [-0.05, 0) is 42.0 Å². The minimum Gasteiger partial charge on any atom is -0.339 e. The summed E-state index contributed by atoms with van der Waals surface area (Å²) in [6.07, 6.45) is 4.86. The third-order valence-electron chi connectivity index (χ3n) is 4.86. The van der Waals surface area contributed by atoms with Gasteiger partial charge in [-0.1, -0.05) is 25.8 Å². The standard InChI is InChI=1S/C17H24N2O/c1-12-4-3-5-16(8-12)19(2)17(20)13-6-7-14-10-18-11-15(14)9-13/h6-7,9,12,16,18H,3-5,8,10-11H2,1-2H3. The van der Waals surface area contributed by atoms with Crippen molar-refractivity contribution in [3.05, 3.63) is 34.9 Å². The molecule has 1 fully saturated rings. The maximum absolute atomic E-state index is 12.7. The molecule has 3 rings (SSSR count). The fraction of sp³-hybridized carbons (Fsp3) is 0.588. The van der Waals surface area contributed by atoms with Crippen LogP contribution in [0.2, 0.25) is 0 Å². The number of amides is 1. The zero-order chi connectivity index (χ0) is 14.1. The van der Waals surface area contributed by atoms with Crippen LogP contribution in [0.1, 0.15) is 54.1 Å². The van der Waals surface area contributed by atoms with Gasteiger partial charge in [-0.15, -0.1) is 0 Å². The van der Waals surface area contributed by atoms with Gasteiger partial charge in [0.25, 0.3) is 5.91 Å². The highest BCUT2D eigenvalue weighted by Crippen LogP contribution is 2.28. The molecule has 20 heavy (non-hydrogen) atoms. The van der Waals surface area contributed by atoms with Gasteiger partial charge in [-0.3, -0.25) is 4.79 Å². The summed E-state index contributed by atoms with van der Waals surface area (Å²) in [5.41, 5.74) is 3.45. The van der Waals surface area contributed by atoms with Crippen molar-refractivity contribution < 1.29 is 4.79 Å². The number of benzene rings is 1. The summed E-state index contributed by atoms with van der Waals surface area (Å²) in [5, 5.41) is 3.33. The molecule has 1 saturated carbocycles. The lowest BCUT2D eigenvalue weighted by Gasteiger charge is -2.34. The van der Waals surface area contributed by atoms with Crippen LogP contribution in [0, 0.1) is 5.92 Å². The van der Waals surface area contributed by atoms with Gasteiger partial charge < -0.3 is 10.2 Å². The van der Waals surface area contributed by atoms with Crippen LogP contribution in [0.25, 0.3) is 0 Å². The molecule has 1 N–H and O–H groups in total. The van der Waals surface area contributed by atoms with E-state index < -0.39 is 0 Å². The summed E-state index contributed by atoms with van der Waals surface area (Å²) >= 11 is 0. The topological polar surface area (TPSA) is 32.3 Å². The maximum Gasteiger partial charge on any atom is 0.253 e. The van der Waals surface area contributed by atoms with E-state index in [2.05, 4.69) is 24.4 Å². The summed E-state index contributed by atoms with van der Waals surface area (Å²) in [6.45, 7) is 4.12. The minimum absolute atomic E-state index is 0.179. The number of carbonyl (C=O) groups is 1. The zero-order valence-electron chi connectivity index (χ0n) is 12.5. The molecule has 1 aliphatic carbocycles. The van der Waals surface area contributed by atoms with E-state index in [-0.39, 0.29) is 5.91 Å². The van der Waals surface area contributed by atoms with Crippen molar-refractivity contribution in [1.29, 1.82) is 0 Å². The Kier molecular flexibility index (Phi) is 3.79. The molecule has 1 aromatic carbocycles. The molecular weight excluding hydrogens is 248 g/mol. The van der Waals surface area contributed by atoms with E-state index in [1.54, 1.807) is 0 Å². The normalized spacial score (nSPS) is 25.3. The van der Waals surface area contributed by atoms with Crippen LogP contribution in [-0.2, 0) is 13.1 Å². The summed E-state index contributed by atoms with van der Waals surface area (Å²) in [7, 11) is 1.97. The van der Waals surface area contributed by atoms with Gasteiger partial charge in [0, 0.05) is 31.7 Å². The van der Waals surface area contributed by atoms with Crippen molar-refractivity contribution in [3.8, 4) is 0 Å². The van der Waals surface area contributed by atoms with E-state index in [1.165, 1.54) is 24.0 Å². The van der Waals surface area contributed by atoms with Crippen LogP contribution in [0.15, 0.2) is 18.2 Å². The number of fused-ring (bicyclic) bond motifs is 1. The number of nitrogens with one attached hydrogen (secondary N) is 1. The molecule has 1 heterocycles. The Balaban J connectivity index is 1.74. The first-order valence-corrected chi connectivity index (χ1v) is 7.75. The fourth-order valence-electron chi connectivity index (χ4n) is 3.55. The second-order valence-electron chi connectivity index (χ2n) is 6.43. The van der Waals surface area contributed by atoms with Crippen LogP contribution in [0.5, 0.6) is 0 Å². The molecule has 0 radical (unpaired) electrons. The van der Waals surface area contributed by atoms with Crippen molar-refractivity contribution >= 4 is 5.91 Å². The monoisotopic (exact) mass is 272 g/mol. The van der Waals surface area contributed by atoms with Crippen molar-refractivity contribution in [2.45, 2.75) is 51.7 Å². The van der Waals surface area contributed by atoms with E-state index >= 15 is 0 Å². The van der Waals surface area contributed by atoms with Crippen LogP contribution >= 0.6 is 0 Å². The molecule has 1 aromatic rings. The lowest BCUT2D eigenvalue weighted by molar-refractivity contribution is 0.0672. The predicted octanol–water partition coefficient (Wildman–Crippen LogP) is 2.94. The Morgan fingerprint density at radius 1 is 1.25 bits per heavy atom. The molecule has 2 unspecified atom stereocenters. The SMILES string of the molecule is CC1CCCC(N(C)C(=O)c2ccc3c(c2)CNC3)C1. The lowest BCUT2D eigenvalue weighted by Crippen LogP contribution is -2.39. The summed E-state index contributed by atoms with van der Waals surface area (Å²) in [6, 6.07) is 6.56. The van der Waals surface area contributed by atoms with E-state index in [1.807, 2.05) is 18.0 Å². The van der Waals surface area contributed by atoms with Crippen LogP contribution in [0.4, 0.5) is 0 Å². The molecule has 108 valence electrons. The van der Waals surface area contributed by atoms with Crippen molar-refractivity contribution in [2.24, 2.45) is 5.92 Å². The number of hydrogen-bond donors (Lipinski definition) is 1. The minimum atomic E-state index is 0.179. The summed E-state index contributed by atoms with van der Waals surface area (Å²) in [4.78, 5) is 14.6. The first-order valence-electron chi connectivity index (χ1n) is 7.75. The molecule has 3 nitrogen and oxygen atoms in total. The van der Waals surface area contributed by atoms with E-state index in [0.717, 1.165) is 37.4 Å². The number of nitrogens with zero attached hydrogens (tertiary/aromatic N) is 1. The Labute approximate surface area is 121 Å². The van der Waals surface area contributed by atoms with Gasteiger partial charge in [0.1, 0.15) is 0 Å². The van der Waals surface area contributed by atoms with Crippen LogP contribution in [0.3, 0.4) is 0 Å². The molecule has 2 aliphatic rings. The summed E-state index contributed by atoms with van der Waals surface area (Å²) in [5.74, 6) is 0.923. The average molecular weight is 272 g/mol. The first kappa shape index (κ1) is 13.6. The van der Waals surface area contributed by atoms with E-state index in [4.69, 9.17) is 0 Å². The highest BCUT2D eigenvalue weighted by Gasteiger charge is 2.26. The van der Waals surface area contributed by atoms with Crippen LogP contribution < -0.4 is 5.32 Å². The molecule has 0 aromatic heterocycles. The number of rotatable bonds is 2. The highest BCUT2D eigenvalue weighted by atomic mass is 16.2. The molecule has 3 heteroatoms. The quantitative estimate of drug-likeness (QED) is 0.897.